The van der Waals surface area contributed by atoms with Gasteiger partial charge in [-0.2, -0.15) is 0 Å². The fourth-order valence-electron chi connectivity index (χ4n) is 2.51. The Balaban J connectivity index is 1.94. The van der Waals surface area contributed by atoms with Crippen molar-refractivity contribution in [2.24, 2.45) is 0 Å². The van der Waals surface area contributed by atoms with Crippen LogP contribution < -0.4 is 5.56 Å². The van der Waals surface area contributed by atoms with E-state index in [0.29, 0.717) is 24.2 Å². The van der Waals surface area contributed by atoms with Gasteiger partial charge in [-0.1, -0.05) is 18.2 Å². The maximum atomic E-state index is 12.4. The van der Waals surface area contributed by atoms with Gasteiger partial charge in [-0.3, -0.25) is 9.59 Å². The molecule has 0 spiro atoms. The van der Waals surface area contributed by atoms with Crippen molar-refractivity contribution in [1.82, 2.24) is 14.8 Å². The number of pyridine rings is 1. The van der Waals surface area contributed by atoms with Crippen LogP contribution in [-0.2, 0) is 0 Å². The van der Waals surface area contributed by atoms with Gasteiger partial charge >= 0.3 is 0 Å². The molecule has 3 rings (SSSR count). The molecule has 1 aromatic carbocycles. The van der Waals surface area contributed by atoms with Gasteiger partial charge in [-0.25, -0.2) is 0 Å². The Morgan fingerprint density at radius 2 is 1.85 bits per heavy atom. The number of hydrogen-bond acceptors (Lipinski definition) is 3. The quantitative estimate of drug-likeness (QED) is 0.839. The van der Waals surface area contributed by atoms with E-state index in [1.165, 1.54) is 0 Å². The minimum Gasteiger partial charge on any atom is -0.335 e. The lowest BCUT2D eigenvalue weighted by Crippen LogP contribution is -2.47. The van der Waals surface area contributed by atoms with Crippen LogP contribution in [0.3, 0.4) is 0 Å². The van der Waals surface area contributed by atoms with Crippen LogP contribution in [0.1, 0.15) is 10.5 Å². The molecule has 0 radical (unpaired) electrons. The largest absolute Gasteiger partial charge is 0.335 e. The summed E-state index contributed by atoms with van der Waals surface area (Å²) in [6.07, 6.45) is 0. The number of H-pyrrole nitrogens is 1. The topological polar surface area (TPSA) is 56.4 Å². The zero-order valence-corrected chi connectivity index (χ0v) is 11.4. The number of nitrogens with one attached hydrogen (secondary N) is 1. The molecular formula is C15H17N3O2. The van der Waals surface area contributed by atoms with Crippen LogP contribution in [0.15, 0.2) is 35.1 Å². The van der Waals surface area contributed by atoms with Gasteiger partial charge < -0.3 is 14.8 Å². The number of hydrogen-bond donors (Lipinski definition) is 1. The summed E-state index contributed by atoms with van der Waals surface area (Å²) in [5, 5.41) is 1.41. The second-order valence-electron chi connectivity index (χ2n) is 5.19. The monoisotopic (exact) mass is 271 g/mol. The van der Waals surface area contributed by atoms with Crippen LogP contribution in [0.2, 0.25) is 0 Å². The van der Waals surface area contributed by atoms with Crippen LogP contribution in [-0.4, -0.2) is 53.9 Å². The Labute approximate surface area is 116 Å². The van der Waals surface area contributed by atoms with Gasteiger partial charge in [0.1, 0.15) is 5.69 Å². The van der Waals surface area contributed by atoms with Crippen molar-refractivity contribution in [3.63, 3.8) is 0 Å². The van der Waals surface area contributed by atoms with Crippen LogP contribution in [0.4, 0.5) is 0 Å². The molecule has 1 aliphatic heterocycles. The van der Waals surface area contributed by atoms with E-state index in [1.807, 2.05) is 25.2 Å². The number of likely N-dealkylation sites (N-methyl/N-ethyl adjacent to an activating group) is 1. The average Bonchev–Trinajstić information content (AvgIpc) is 2.47. The molecule has 5 heteroatoms. The predicted octanol–water partition coefficient (Wildman–Crippen LogP) is 0.916. The van der Waals surface area contributed by atoms with E-state index in [1.54, 1.807) is 17.0 Å². The summed E-state index contributed by atoms with van der Waals surface area (Å²) >= 11 is 0. The summed E-state index contributed by atoms with van der Waals surface area (Å²) in [6.45, 7) is 3.13. The summed E-state index contributed by atoms with van der Waals surface area (Å²) in [6, 6.07) is 9.06. The molecule has 20 heavy (non-hydrogen) atoms. The molecule has 1 aliphatic rings. The molecule has 0 unspecified atom stereocenters. The fraction of sp³-hybridized carbons (Fsp3) is 0.333. The van der Waals surface area contributed by atoms with E-state index < -0.39 is 0 Å². The third-order valence-corrected chi connectivity index (χ3v) is 3.77. The van der Waals surface area contributed by atoms with E-state index in [-0.39, 0.29) is 11.5 Å². The van der Waals surface area contributed by atoms with E-state index in [0.717, 1.165) is 18.5 Å². The SMILES string of the molecule is CN1CCN(C(=O)c2cc3ccccc3c(=O)[nH]2)CC1. The molecule has 104 valence electrons. The lowest BCUT2D eigenvalue weighted by molar-refractivity contribution is 0.0658. The molecule has 1 amide bonds. The highest BCUT2D eigenvalue weighted by atomic mass is 16.2. The van der Waals surface area contributed by atoms with Crippen molar-refractivity contribution in [1.29, 1.82) is 0 Å². The number of fused-ring (bicyclic) bond motifs is 1. The third kappa shape index (κ3) is 2.32. The standard InChI is InChI=1S/C15H17N3O2/c1-17-6-8-18(9-7-17)15(20)13-10-11-4-2-3-5-12(11)14(19)16-13/h2-5,10H,6-9H2,1H3,(H,16,19). The van der Waals surface area contributed by atoms with Gasteiger partial charge in [0.2, 0.25) is 0 Å². The highest BCUT2D eigenvalue weighted by Gasteiger charge is 2.21. The average molecular weight is 271 g/mol. The number of aromatic amines is 1. The number of carbonyl (C=O) groups excluding carboxylic acids is 1. The number of benzene rings is 1. The Morgan fingerprint density at radius 1 is 1.15 bits per heavy atom. The molecule has 0 saturated carbocycles. The number of carbonyl (C=O) groups is 1. The van der Waals surface area contributed by atoms with Gasteiger partial charge in [0.25, 0.3) is 11.5 Å². The lowest BCUT2D eigenvalue weighted by atomic mass is 10.1. The Kier molecular flexibility index (Phi) is 3.28. The fourth-order valence-corrected chi connectivity index (χ4v) is 2.51. The second-order valence-corrected chi connectivity index (χ2v) is 5.19. The first-order valence-electron chi connectivity index (χ1n) is 6.75. The molecule has 1 N–H and O–H groups in total. The summed E-state index contributed by atoms with van der Waals surface area (Å²) in [5.41, 5.74) is 0.166. The summed E-state index contributed by atoms with van der Waals surface area (Å²) < 4.78 is 0. The van der Waals surface area contributed by atoms with Crippen molar-refractivity contribution in [2.45, 2.75) is 0 Å². The van der Waals surface area contributed by atoms with Gasteiger partial charge in [0.15, 0.2) is 0 Å². The third-order valence-electron chi connectivity index (χ3n) is 3.77. The highest BCUT2D eigenvalue weighted by molar-refractivity contribution is 5.96. The maximum absolute atomic E-state index is 12.4. The molecule has 0 bridgehead atoms. The molecule has 0 aliphatic carbocycles. The van der Waals surface area contributed by atoms with Crippen LogP contribution in [0.5, 0.6) is 0 Å². The first-order valence-corrected chi connectivity index (χ1v) is 6.75. The molecule has 2 aromatic rings. The van der Waals surface area contributed by atoms with Crippen molar-refractivity contribution in [2.75, 3.05) is 33.2 Å². The van der Waals surface area contributed by atoms with Crippen LogP contribution in [0.25, 0.3) is 10.8 Å². The summed E-state index contributed by atoms with van der Waals surface area (Å²) in [5.74, 6) is -0.0963. The number of amides is 1. The Hall–Kier alpha value is -2.14. The Bertz CT molecular complexity index is 700. The molecule has 0 atom stereocenters. The highest BCUT2D eigenvalue weighted by Crippen LogP contribution is 2.12. The van der Waals surface area contributed by atoms with E-state index >= 15 is 0 Å². The summed E-state index contributed by atoms with van der Waals surface area (Å²) in [4.78, 5) is 31.1. The molecular weight excluding hydrogens is 254 g/mol. The van der Waals surface area contributed by atoms with E-state index in [4.69, 9.17) is 0 Å². The molecule has 1 saturated heterocycles. The number of aromatic nitrogens is 1. The van der Waals surface area contributed by atoms with E-state index in [2.05, 4.69) is 9.88 Å². The first-order chi connectivity index (χ1) is 9.65. The zero-order chi connectivity index (χ0) is 14.1. The van der Waals surface area contributed by atoms with Crippen molar-refractivity contribution in [3.8, 4) is 0 Å². The number of nitrogens with zero attached hydrogens (tertiary/aromatic N) is 2. The van der Waals surface area contributed by atoms with Crippen LogP contribution >= 0.6 is 0 Å². The van der Waals surface area contributed by atoms with Gasteiger partial charge in [0.05, 0.1) is 0 Å². The molecule has 1 aromatic heterocycles. The maximum Gasteiger partial charge on any atom is 0.270 e. The summed E-state index contributed by atoms with van der Waals surface area (Å²) in [7, 11) is 2.04. The smallest absolute Gasteiger partial charge is 0.270 e. The van der Waals surface area contributed by atoms with E-state index in [9.17, 15) is 9.59 Å². The molecule has 5 nitrogen and oxygen atoms in total. The second kappa shape index (κ2) is 5.09. The zero-order valence-electron chi connectivity index (χ0n) is 11.4. The molecule has 1 fully saturated rings. The predicted molar refractivity (Wildman–Crippen MR) is 78.0 cm³/mol. The Morgan fingerprint density at radius 3 is 2.60 bits per heavy atom. The number of rotatable bonds is 1. The normalized spacial score (nSPS) is 16.6. The van der Waals surface area contributed by atoms with Crippen LogP contribution in [0, 0.1) is 0 Å². The number of piperazine rings is 1. The van der Waals surface area contributed by atoms with Gasteiger partial charge in [-0.15, -0.1) is 0 Å². The van der Waals surface area contributed by atoms with Crippen molar-refractivity contribution >= 4 is 16.7 Å². The van der Waals surface area contributed by atoms with Crippen molar-refractivity contribution in [3.05, 3.63) is 46.4 Å². The first kappa shape index (κ1) is 12.9. The minimum atomic E-state index is -0.208. The van der Waals surface area contributed by atoms with Crippen molar-refractivity contribution < 1.29 is 4.79 Å². The van der Waals surface area contributed by atoms with Gasteiger partial charge in [-0.05, 0) is 24.6 Å². The lowest BCUT2D eigenvalue weighted by Gasteiger charge is -2.32. The van der Waals surface area contributed by atoms with Gasteiger partial charge in [0, 0.05) is 31.6 Å². The molecule has 2 heterocycles. The minimum absolute atomic E-state index is 0.0963.